The molecule has 0 aliphatic carbocycles. The van der Waals surface area contributed by atoms with Gasteiger partial charge in [-0.05, 0) is 17.7 Å². The Morgan fingerprint density at radius 2 is 1.87 bits per heavy atom. The number of fused-ring (bicyclic) bond motifs is 2. The summed E-state index contributed by atoms with van der Waals surface area (Å²) in [4.78, 5) is 28.1. The molecule has 9 nitrogen and oxygen atoms in total. The Hall–Kier alpha value is -3.92. The van der Waals surface area contributed by atoms with Crippen LogP contribution in [0.2, 0.25) is 0 Å². The quantitative estimate of drug-likeness (QED) is 0.499. The minimum absolute atomic E-state index is 0.226. The van der Waals surface area contributed by atoms with E-state index < -0.39 is 17.0 Å². The van der Waals surface area contributed by atoms with Gasteiger partial charge in [-0.25, -0.2) is 10.0 Å². The Bertz CT molecular complexity index is 1340. The van der Waals surface area contributed by atoms with Crippen LogP contribution < -0.4 is 15.9 Å². The number of amidine groups is 1. The summed E-state index contributed by atoms with van der Waals surface area (Å²) in [5, 5.41) is 21.6. The molecule has 154 valence electrons. The molecule has 0 saturated carbocycles. The second kappa shape index (κ2) is 7.73. The van der Waals surface area contributed by atoms with E-state index in [1.807, 2.05) is 42.5 Å². The lowest BCUT2D eigenvalue weighted by Crippen LogP contribution is -2.50. The maximum absolute atomic E-state index is 13.0. The van der Waals surface area contributed by atoms with E-state index in [0.717, 1.165) is 5.56 Å². The third-order valence-corrected chi connectivity index (χ3v) is 5.72. The van der Waals surface area contributed by atoms with Crippen molar-refractivity contribution in [3.63, 3.8) is 0 Å². The average molecular weight is 433 g/mol. The molecule has 3 aromatic rings. The van der Waals surface area contributed by atoms with Crippen LogP contribution in [0, 0.1) is 10.1 Å². The first-order valence-corrected chi connectivity index (χ1v) is 10.4. The van der Waals surface area contributed by atoms with Crippen LogP contribution in [0.4, 0.5) is 5.88 Å². The third-order valence-electron chi connectivity index (χ3n) is 4.78. The molecule has 5 rings (SSSR count). The number of hydrogen-bond acceptors (Lipinski definition) is 8. The number of carbonyl (C=O) groups is 1. The standard InChI is InChI=1S/C21H15N5O4S/c27-20-18-14-8-4-5-9-15(14)22-19(16-10-11-17(30-16)26(28)29)25(18)24-21(23-20)31-12-13-6-2-1-3-7-13/h1-11,19H,12H2,(H,23,24,27)/t19-/m1/s1. The van der Waals surface area contributed by atoms with Gasteiger partial charge in [-0.15, -0.1) is 5.10 Å². The van der Waals surface area contributed by atoms with Gasteiger partial charge >= 0.3 is 5.88 Å². The van der Waals surface area contributed by atoms with E-state index in [-0.39, 0.29) is 11.7 Å². The van der Waals surface area contributed by atoms with Crippen LogP contribution in [0.3, 0.4) is 0 Å². The SMILES string of the molecule is O=C1NC(SCc2ccccc2)=NN2C1=c1ccccc1=N[C@H]2c1ccc([N+](=O)[O-])o1. The molecule has 0 spiro atoms. The molecule has 3 heterocycles. The second-order valence-corrected chi connectivity index (χ2v) is 7.74. The number of nitrogens with zero attached hydrogens (tertiary/aromatic N) is 4. The van der Waals surface area contributed by atoms with Crippen molar-refractivity contribution in [2.75, 3.05) is 0 Å². The van der Waals surface area contributed by atoms with E-state index >= 15 is 0 Å². The van der Waals surface area contributed by atoms with Gasteiger partial charge in [0.15, 0.2) is 10.9 Å². The van der Waals surface area contributed by atoms with E-state index in [0.29, 0.717) is 27.2 Å². The fourth-order valence-corrected chi connectivity index (χ4v) is 4.19. The molecule has 1 atom stereocenters. The monoisotopic (exact) mass is 433 g/mol. The number of rotatable bonds is 4. The Labute approximate surface area is 179 Å². The highest BCUT2D eigenvalue weighted by molar-refractivity contribution is 8.13. The fraction of sp³-hybridized carbons (Fsp3) is 0.0952. The summed E-state index contributed by atoms with van der Waals surface area (Å²) in [7, 11) is 0. The van der Waals surface area contributed by atoms with E-state index in [1.54, 1.807) is 12.1 Å². The van der Waals surface area contributed by atoms with E-state index in [1.165, 1.54) is 28.9 Å². The molecule has 2 aliphatic heterocycles. The van der Waals surface area contributed by atoms with Gasteiger partial charge in [-0.2, -0.15) is 0 Å². The normalized spacial score (nSPS) is 17.2. The summed E-state index contributed by atoms with van der Waals surface area (Å²) in [6.07, 6.45) is -0.836. The van der Waals surface area contributed by atoms with E-state index in [9.17, 15) is 14.9 Å². The van der Waals surface area contributed by atoms with Gasteiger partial charge < -0.3 is 4.42 Å². The lowest BCUT2D eigenvalue weighted by Gasteiger charge is -2.32. The number of thioether (sulfide) groups is 1. The van der Waals surface area contributed by atoms with Crippen molar-refractivity contribution < 1.29 is 14.1 Å². The minimum atomic E-state index is -0.836. The predicted octanol–water partition coefficient (Wildman–Crippen LogP) is 2.26. The zero-order chi connectivity index (χ0) is 21.4. The summed E-state index contributed by atoms with van der Waals surface area (Å²) in [6, 6.07) is 19.8. The van der Waals surface area contributed by atoms with Gasteiger partial charge in [0, 0.05) is 11.0 Å². The van der Waals surface area contributed by atoms with Gasteiger partial charge in [-0.1, -0.05) is 60.3 Å². The van der Waals surface area contributed by atoms with Crippen molar-refractivity contribution in [2.45, 2.75) is 11.9 Å². The summed E-state index contributed by atoms with van der Waals surface area (Å²) in [5.74, 6) is 0.131. The maximum Gasteiger partial charge on any atom is 0.433 e. The molecule has 1 aromatic heterocycles. The molecule has 1 N–H and O–H groups in total. The van der Waals surface area contributed by atoms with Crippen LogP contribution in [0.25, 0.3) is 5.70 Å². The van der Waals surface area contributed by atoms with Crippen molar-refractivity contribution in [1.29, 1.82) is 0 Å². The van der Waals surface area contributed by atoms with Crippen LogP contribution in [0.15, 0.2) is 81.2 Å². The third kappa shape index (κ3) is 3.57. The largest absolute Gasteiger partial charge is 0.433 e. The number of carbonyl (C=O) groups excluding carboxylic acids is 1. The molecular formula is C21H15N5O4S. The maximum atomic E-state index is 13.0. The smallest absolute Gasteiger partial charge is 0.401 e. The summed E-state index contributed by atoms with van der Waals surface area (Å²) in [6.45, 7) is 0. The highest BCUT2D eigenvalue weighted by atomic mass is 32.2. The summed E-state index contributed by atoms with van der Waals surface area (Å²) < 4.78 is 5.39. The van der Waals surface area contributed by atoms with Crippen molar-refractivity contribution >= 4 is 34.4 Å². The van der Waals surface area contributed by atoms with Crippen LogP contribution in [-0.4, -0.2) is 21.0 Å². The van der Waals surface area contributed by atoms with Crippen molar-refractivity contribution in [1.82, 2.24) is 10.3 Å². The fourth-order valence-electron chi connectivity index (χ4n) is 3.38. The number of hydrogen-bond donors (Lipinski definition) is 1. The zero-order valence-electron chi connectivity index (χ0n) is 16.0. The first-order valence-electron chi connectivity index (χ1n) is 9.37. The molecule has 0 saturated heterocycles. The zero-order valence-corrected chi connectivity index (χ0v) is 16.8. The number of amides is 1. The van der Waals surface area contributed by atoms with Gasteiger partial charge in [0.2, 0.25) is 6.17 Å². The predicted molar refractivity (Wildman–Crippen MR) is 114 cm³/mol. The van der Waals surface area contributed by atoms with Gasteiger partial charge in [0.25, 0.3) is 5.91 Å². The lowest BCUT2D eigenvalue weighted by molar-refractivity contribution is -0.402. The van der Waals surface area contributed by atoms with E-state index in [4.69, 9.17) is 4.42 Å². The molecule has 0 unspecified atom stereocenters. The van der Waals surface area contributed by atoms with Crippen molar-refractivity contribution in [2.24, 2.45) is 10.1 Å². The Kier molecular flexibility index (Phi) is 4.75. The number of nitrogens with one attached hydrogen (secondary N) is 1. The molecule has 2 aromatic carbocycles. The number of furan rings is 1. The molecule has 0 fully saturated rings. The molecule has 2 aliphatic rings. The highest BCUT2D eigenvalue weighted by Crippen LogP contribution is 2.33. The van der Waals surface area contributed by atoms with Crippen molar-refractivity contribution in [3.05, 3.63) is 98.7 Å². The molecule has 0 bridgehead atoms. The van der Waals surface area contributed by atoms with Gasteiger partial charge in [0.1, 0.15) is 10.6 Å². The average Bonchev–Trinajstić information content (AvgIpc) is 3.28. The van der Waals surface area contributed by atoms with Crippen molar-refractivity contribution in [3.8, 4) is 0 Å². The Morgan fingerprint density at radius 1 is 1.10 bits per heavy atom. The highest BCUT2D eigenvalue weighted by Gasteiger charge is 2.36. The van der Waals surface area contributed by atoms with Crippen LogP contribution in [0.1, 0.15) is 17.5 Å². The number of para-hydroxylation sites is 1. The second-order valence-electron chi connectivity index (χ2n) is 6.78. The van der Waals surface area contributed by atoms with E-state index in [2.05, 4.69) is 15.4 Å². The lowest BCUT2D eigenvalue weighted by atomic mass is 10.1. The first kappa shape index (κ1) is 19.1. The Morgan fingerprint density at radius 3 is 2.65 bits per heavy atom. The van der Waals surface area contributed by atoms with Crippen LogP contribution in [0.5, 0.6) is 0 Å². The molecule has 31 heavy (non-hydrogen) atoms. The van der Waals surface area contributed by atoms with Crippen LogP contribution in [-0.2, 0) is 10.5 Å². The van der Waals surface area contributed by atoms with Gasteiger partial charge in [-0.3, -0.25) is 20.2 Å². The summed E-state index contributed by atoms with van der Waals surface area (Å²) >= 11 is 1.38. The first-order chi connectivity index (χ1) is 15.1. The minimum Gasteiger partial charge on any atom is -0.401 e. The molecule has 10 heteroatoms. The molecule has 0 radical (unpaired) electrons. The van der Waals surface area contributed by atoms with Crippen LogP contribution >= 0.6 is 11.8 Å². The number of benzene rings is 2. The Balaban J connectivity index is 1.57. The topological polar surface area (TPSA) is 113 Å². The summed E-state index contributed by atoms with van der Waals surface area (Å²) in [5.41, 5.74) is 1.41. The van der Waals surface area contributed by atoms with Gasteiger partial charge in [0.05, 0.1) is 11.4 Å². The number of nitro groups is 1. The number of hydrazone groups is 1. The molecule has 1 amide bonds. The molecular weight excluding hydrogens is 418 g/mol.